The molecule has 3 aromatic heterocycles. The van der Waals surface area contributed by atoms with E-state index in [2.05, 4.69) is 30.5 Å². The van der Waals surface area contributed by atoms with Gasteiger partial charge in [0.05, 0.1) is 5.56 Å². The smallest absolute Gasteiger partial charge is 0.388 e. The molecule has 0 saturated carbocycles. The van der Waals surface area contributed by atoms with Crippen LogP contribution in [-0.4, -0.2) is 31.7 Å². The zero-order chi connectivity index (χ0) is 14.5. The summed E-state index contributed by atoms with van der Waals surface area (Å²) < 4.78 is 4.82. The molecule has 0 unspecified atom stereocenters. The van der Waals surface area contributed by atoms with Gasteiger partial charge >= 0.3 is 5.76 Å². The molecule has 2 N–H and O–H groups in total. The fraction of sp³-hybridized carbons (Fsp3) is 0.154. The van der Waals surface area contributed by atoms with Gasteiger partial charge in [-0.2, -0.15) is 0 Å². The maximum atomic E-state index is 10.9. The van der Waals surface area contributed by atoms with Crippen LogP contribution in [0.1, 0.15) is 5.69 Å². The van der Waals surface area contributed by atoms with Gasteiger partial charge in [0.1, 0.15) is 0 Å². The lowest BCUT2D eigenvalue weighted by molar-refractivity contribution is 0.526. The molecule has 0 aliphatic rings. The molecule has 0 atom stereocenters. The highest BCUT2D eigenvalue weighted by molar-refractivity contribution is 5.49. The number of nitrogens with one attached hydrogen (secondary N) is 2. The number of rotatable bonds is 5. The Labute approximate surface area is 119 Å². The Hall–Kier alpha value is -3.03. The third-order valence-corrected chi connectivity index (χ3v) is 2.73. The van der Waals surface area contributed by atoms with Gasteiger partial charge in [-0.05, 0) is 12.1 Å². The predicted octanol–water partition coefficient (Wildman–Crippen LogP) is 0.869. The Balaban J connectivity index is 1.58. The molecule has 0 fully saturated rings. The van der Waals surface area contributed by atoms with Crippen molar-refractivity contribution in [1.82, 2.24) is 25.1 Å². The molecule has 0 radical (unpaired) electrons. The molecule has 3 rings (SSSR count). The van der Waals surface area contributed by atoms with Gasteiger partial charge in [-0.1, -0.05) is 6.07 Å². The summed E-state index contributed by atoms with van der Waals surface area (Å²) in [7, 11) is 0. The van der Waals surface area contributed by atoms with Crippen LogP contribution in [0.4, 0.5) is 5.95 Å². The van der Waals surface area contributed by atoms with Crippen molar-refractivity contribution < 1.29 is 4.42 Å². The van der Waals surface area contributed by atoms with Crippen LogP contribution >= 0.6 is 0 Å². The summed E-state index contributed by atoms with van der Waals surface area (Å²) in [6.45, 7) is 0.674. The molecular weight excluding hydrogens is 272 g/mol. The molecule has 3 heterocycles. The molecule has 0 bridgehead atoms. The van der Waals surface area contributed by atoms with Crippen molar-refractivity contribution in [1.29, 1.82) is 0 Å². The van der Waals surface area contributed by atoms with E-state index < -0.39 is 5.76 Å². The summed E-state index contributed by atoms with van der Waals surface area (Å²) in [5.41, 5.74) is 1.53. The van der Waals surface area contributed by atoms with E-state index in [-0.39, 0.29) is 5.89 Å². The topological polar surface area (TPSA) is 110 Å². The zero-order valence-corrected chi connectivity index (χ0v) is 11.0. The molecule has 0 amide bonds. The van der Waals surface area contributed by atoms with Gasteiger partial charge in [0.25, 0.3) is 5.89 Å². The molecule has 8 nitrogen and oxygen atoms in total. The van der Waals surface area contributed by atoms with Crippen LogP contribution < -0.4 is 11.1 Å². The summed E-state index contributed by atoms with van der Waals surface area (Å²) in [6.07, 6.45) is 5.61. The second-order valence-electron chi connectivity index (χ2n) is 4.21. The van der Waals surface area contributed by atoms with Crippen LogP contribution in [0.2, 0.25) is 0 Å². The average molecular weight is 284 g/mol. The highest BCUT2D eigenvalue weighted by Crippen LogP contribution is 2.12. The number of H-pyrrole nitrogens is 1. The van der Waals surface area contributed by atoms with E-state index in [1.54, 1.807) is 6.20 Å². The lowest BCUT2D eigenvalue weighted by Crippen LogP contribution is -2.08. The fourth-order valence-electron chi connectivity index (χ4n) is 1.73. The van der Waals surface area contributed by atoms with E-state index in [9.17, 15) is 4.79 Å². The normalized spacial score (nSPS) is 10.5. The summed E-state index contributed by atoms with van der Waals surface area (Å²) in [5, 5.41) is 8.98. The van der Waals surface area contributed by atoms with Gasteiger partial charge in [0.15, 0.2) is 0 Å². The van der Waals surface area contributed by atoms with Crippen molar-refractivity contribution in [2.75, 3.05) is 11.9 Å². The summed E-state index contributed by atoms with van der Waals surface area (Å²) in [6, 6.07) is 5.79. The first-order valence-corrected chi connectivity index (χ1v) is 6.33. The maximum absolute atomic E-state index is 10.9. The van der Waals surface area contributed by atoms with Gasteiger partial charge in [-0.3, -0.25) is 4.98 Å². The number of nitrogens with zero attached hydrogens (tertiary/aromatic N) is 4. The molecule has 0 spiro atoms. The number of pyridine rings is 1. The van der Waals surface area contributed by atoms with Gasteiger partial charge in [-0.25, -0.2) is 19.9 Å². The van der Waals surface area contributed by atoms with Crippen molar-refractivity contribution >= 4 is 5.95 Å². The zero-order valence-electron chi connectivity index (χ0n) is 11.0. The van der Waals surface area contributed by atoms with Gasteiger partial charge in [-0.15, -0.1) is 5.10 Å². The van der Waals surface area contributed by atoms with Crippen LogP contribution in [0, 0.1) is 0 Å². The lowest BCUT2D eigenvalue weighted by Gasteiger charge is -2.04. The van der Waals surface area contributed by atoms with Crippen molar-refractivity contribution in [2.45, 2.75) is 6.42 Å². The van der Waals surface area contributed by atoms with Crippen LogP contribution in [0.25, 0.3) is 11.5 Å². The minimum atomic E-state index is -0.609. The Morgan fingerprint density at radius 2 is 2.05 bits per heavy atom. The number of hydrogen-bond acceptors (Lipinski definition) is 7. The highest BCUT2D eigenvalue weighted by Gasteiger charge is 2.06. The molecule has 0 aliphatic heterocycles. The third-order valence-electron chi connectivity index (χ3n) is 2.73. The molecule has 0 aromatic carbocycles. The molecular formula is C13H12N6O2. The van der Waals surface area contributed by atoms with Crippen molar-refractivity contribution in [2.24, 2.45) is 0 Å². The fourth-order valence-corrected chi connectivity index (χ4v) is 1.73. The second-order valence-corrected chi connectivity index (χ2v) is 4.21. The Morgan fingerprint density at radius 3 is 2.71 bits per heavy atom. The quantitative estimate of drug-likeness (QED) is 0.715. The second kappa shape index (κ2) is 5.95. The predicted molar refractivity (Wildman–Crippen MR) is 74.6 cm³/mol. The van der Waals surface area contributed by atoms with E-state index >= 15 is 0 Å². The number of anilines is 1. The van der Waals surface area contributed by atoms with Gasteiger partial charge in [0.2, 0.25) is 5.95 Å². The van der Waals surface area contributed by atoms with Crippen LogP contribution in [0.5, 0.6) is 0 Å². The highest BCUT2D eigenvalue weighted by atomic mass is 16.4. The van der Waals surface area contributed by atoms with Crippen molar-refractivity contribution in [3.05, 3.63) is 53.0 Å². The maximum Gasteiger partial charge on any atom is 0.434 e. The van der Waals surface area contributed by atoms with E-state index in [0.29, 0.717) is 18.1 Å². The Morgan fingerprint density at radius 1 is 1.19 bits per heavy atom. The number of aromatic nitrogens is 5. The SMILES string of the molecule is O=c1[nH]nc(-c2cnc(NCCc3ccccn3)nc2)o1. The summed E-state index contributed by atoms with van der Waals surface area (Å²) in [4.78, 5) is 23.4. The molecule has 106 valence electrons. The van der Waals surface area contributed by atoms with Crippen LogP contribution in [0.15, 0.2) is 46.0 Å². The lowest BCUT2D eigenvalue weighted by atomic mass is 10.3. The van der Waals surface area contributed by atoms with Crippen LogP contribution in [-0.2, 0) is 6.42 Å². The Kier molecular flexibility index (Phi) is 3.68. The Bertz CT molecular complexity index is 750. The van der Waals surface area contributed by atoms with E-state index in [0.717, 1.165) is 12.1 Å². The first-order chi connectivity index (χ1) is 10.3. The summed E-state index contributed by atoms with van der Waals surface area (Å²) in [5.74, 6) is 0.0511. The van der Waals surface area contributed by atoms with Crippen molar-refractivity contribution in [3.8, 4) is 11.5 Å². The van der Waals surface area contributed by atoms with E-state index in [1.165, 1.54) is 12.4 Å². The first kappa shape index (κ1) is 13.0. The first-order valence-electron chi connectivity index (χ1n) is 6.33. The monoisotopic (exact) mass is 284 g/mol. The average Bonchev–Trinajstić information content (AvgIpc) is 2.96. The molecule has 3 aromatic rings. The van der Waals surface area contributed by atoms with Gasteiger partial charge < -0.3 is 9.73 Å². The minimum Gasteiger partial charge on any atom is -0.388 e. The molecule has 0 aliphatic carbocycles. The third kappa shape index (κ3) is 3.30. The summed E-state index contributed by atoms with van der Waals surface area (Å²) >= 11 is 0. The standard InChI is InChI=1S/C13H12N6O2/c20-13-19-18-11(21-13)9-7-16-12(17-8-9)15-6-4-10-3-1-2-5-14-10/h1-3,5,7-8H,4,6H2,(H,19,20)(H,15,16,17). The van der Waals surface area contributed by atoms with Crippen LogP contribution in [0.3, 0.4) is 0 Å². The molecule has 0 saturated heterocycles. The van der Waals surface area contributed by atoms with Gasteiger partial charge in [0, 0.05) is 37.3 Å². The van der Waals surface area contributed by atoms with Crippen molar-refractivity contribution in [3.63, 3.8) is 0 Å². The minimum absolute atomic E-state index is 0.167. The molecule has 8 heteroatoms. The number of hydrogen-bond donors (Lipinski definition) is 2. The molecule has 21 heavy (non-hydrogen) atoms. The van der Waals surface area contributed by atoms with E-state index in [4.69, 9.17) is 4.42 Å². The number of aromatic amines is 1. The largest absolute Gasteiger partial charge is 0.434 e. The van der Waals surface area contributed by atoms with E-state index in [1.807, 2.05) is 18.2 Å².